The summed E-state index contributed by atoms with van der Waals surface area (Å²) < 4.78 is 28.1. The average Bonchev–Trinajstić information content (AvgIpc) is 3.13. The Morgan fingerprint density at radius 3 is 2.46 bits per heavy atom. The molecule has 1 fully saturated rings. The normalized spacial score (nSPS) is 17.5. The van der Waals surface area contributed by atoms with E-state index in [1.165, 1.54) is 11.7 Å². The minimum absolute atomic E-state index is 0.513. The van der Waals surface area contributed by atoms with Crippen LogP contribution in [-0.2, 0) is 16.6 Å². The molecule has 1 aliphatic rings. The van der Waals surface area contributed by atoms with Crippen molar-refractivity contribution in [3.63, 3.8) is 0 Å². The summed E-state index contributed by atoms with van der Waals surface area (Å²) in [7, 11) is -3.36. The summed E-state index contributed by atoms with van der Waals surface area (Å²) in [6, 6.07) is 9.45. The van der Waals surface area contributed by atoms with Crippen LogP contribution in [0.25, 0.3) is 6.08 Å². The van der Waals surface area contributed by atoms with Crippen LogP contribution < -0.4 is 0 Å². The Bertz CT molecular complexity index is 751. The molecule has 0 radical (unpaired) electrons. The molecule has 2 aromatic rings. The molecule has 128 valence electrons. The molecule has 0 unspecified atom stereocenters. The lowest BCUT2D eigenvalue weighted by Gasteiger charge is -2.33. The molecule has 7 nitrogen and oxygen atoms in total. The van der Waals surface area contributed by atoms with E-state index in [9.17, 15) is 8.42 Å². The zero-order valence-electron chi connectivity index (χ0n) is 13.4. The van der Waals surface area contributed by atoms with Gasteiger partial charge in [-0.1, -0.05) is 30.3 Å². The molecule has 0 N–H and O–H groups in total. The maximum Gasteiger partial charge on any atom is 0.236 e. The predicted molar refractivity (Wildman–Crippen MR) is 92.4 cm³/mol. The Kier molecular flexibility index (Phi) is 5.39. The van der Waals surface area contributed by atoms with Crippen molar-refractivity contribution in [1.29, 1.82) is 0 Å². The van der Waals surface area contributed by atoms with Crippen molar-refractivity contribution < 1.29 is 8.42 Å². The monoisotopic (exact) mass is 347 g/mol. The molecule has 2 heterocycles. The van der Waals surface area contributed by atoms with Gasteiger partial charge in [0.15, 0.2) is 0 Å². The predicted octanol–water partition coefficient (Wildman–Crippen LogP) is 0.896. The topological polar surface area (TPSA) is 71.3 Å². The van der Waals surface area contributed by atoms with Crippen LogP contribution >= 0.6 is 0 Å². The highest BCUT2D eigenvalue weighted by atomic mass is 32.2. The third kappa shape index (κ3) is 4.50. The van der Waals surface area contributed by atoms with E-state index < -0.39 is 10.0 Å². The Labute approximate surface area is 142 Å². The van der Waals surface area contributed by atoms with Gasteiger partial charge in [-0.2, -0.15) is 9.40 Å². The van der Waals surface area contributed by atoms with Gasteiger partial charge in [-0.25, -0.2) is 13.4 Å². The third-order valence-electron chi connectivity index (χ3n) is 4.04. The molecule has 24 heavy (non-hydrogen) atoms. The summed E-state index contributed by atoms with van der Waals surface area (Å²) in [4.78, 5) is 6.16. The fraction of sp³-hybridized carbons (Fsp3) is 0.375. The minimum atomic E-state index is -3.36. The molecule has 1 saturated heterocycles. The molecule has 0 spiro atoms. The van der Waals surface area contributed by atoms with E-state index >= 15 is 0 Å². The summed E-state index contributed by atoms with van der Waals surface area (Å²) in [5.41, 5.74) is 0.882. The first-order valence-corrected chi connectivity index (χ1v) is 9.42. The Balaban J connectivity index is 1.50. The number of sulfonamides is 1. The molecule has 1 aromatic heterocycles. The second kappa shape index (κ2) is 7.69. The Morgan fingerprint density at radius 2 is 1.79 bits per heavy atom. The highest BCUT2D eigenvalue weighted by Gasteiger charge is 2.24. The first kappa shape index (κ1) is 16.8. The second-order valence-electron chi connectivity index (χ2n) is 5.66. The zero-order valence-corrected chi connectivity index (χ0v) is 14.2. The van der Waals surface area contributed by atoms with Gasteiger partial charge in [-0.3, -0.25) is 9.58 Å². The number of rotatable bonds is 6. The highest BCUT2D eigenvalue weighted by molar-refractivity contribution is 7.92. The van der Waals surface area contributed by atoms with Crippen LogP contribution in [-0.4, -0.2) is 65.1 Å². The molecule has 3 rings (SSSR count). The fourth-order valence-corrected chi connectivity index (χ4v) is 3.79. The van der Waals surface area contributed by atoms with Gasteiger partial charge in [0.2, 0.25) is 10.0 Å². The minimum Gasteiger partial charge on any atom is -0.299 e. The van der Waals surface area contributed by atoms with E-state index in [-0.39, 0.29) is 0 Å². The lowest BCUT2D eigenvalue weighted by Crippen LogP contribution is -2.48. The van der Waals surface area contributed by atoms with Crippen LogP contribution in [0.15, 0.2) is 48.4 Å². The molecule has 1 aromatic carbocycles. The van der Waals surface area contributed by atoms with E-state index in [4.69, 9.17) is 0 Å². The van der Waals surface area contributed by atoms with Gasteiger partial charge in [-0.15, -0.1) is 0 Å². The van der Waals surface area contributed by atoms with Crippen molar-refractivity contribution >= 4 is 16.1 Å². The maximum absolute atomic E-state index is 12.4. The van der Waals surface area contributed by atoms with Crippen LogP contribution in [0, 0.1) is 0 Å². The smallest absolute Gasteiger partial charge is 0.236 e. The van der Waals surface area contributed by atoms with Gasteiger partial charge in [0.1, 0.15) is 12.7 Å². The number of hydrogen-bond donors (Lipinski definition) is 0. The number of nitrogens with zero attached hydrogens (tertiary/aromatic N) is 5. The summed E-state index contributed by atoms with van der Waals surface area (Å²) in [6.07, 6.45) is 4.85. The van der Waals surface area contributed by atoms with Crippen molar-refractivity contribution in [2.75, 3.05) is 32.7 Å². The fourth-order valence-electron chi connectivity index (χ4n) is 2.61. The average molecular weight is 347 g/mol. The first-order chi connectivity index (χ1) is 11.6. The first-order valence-electron chi connectivity index (χ1n) is 7.91. The summed E-state index contributed by atoms with van der Waals surface area (Å²) in [5, 5.41) is 5.37. The van der Waals surface area contributed by atoms with Gasteiger partial charge in [0.05, 0.1) is 6.54 Å². The van der Waals surface area contributed by atoms with Gasteiger partial charge >= 0.3 is 0 Å². The van der Waals surface area contributed by atoms with Crippen molar-refractivity contribution in [1.82, 2.24) is 24.0 Å². The van der Waals surface area contributed by atoms with Gasteiger partial charge in [0.25, 0.3) is 0 Å². The molecule has 0 bridgehead atoms. The van der Waals surface area contributed by atoms with Crippen LogP contribution in [0.3, 0.4) is 0 Å². The molecule has 0 saturated carbocycles. The quantitative estimate of drug-likeness (QED) is 0.776. The molecule has 1 aliphatic heterocycles. The van der Waals surface area contributed by atoms with Crippen molar-refractivity contribution in [3.8, 4) is 0 Å². The van der Waals surface area contributed by atoms with Gasteiger partial charge in [0, 0.05) is 38.1 Å². The van der Waals surface area contributed by atoms with E-state index in [1.807, 2.05) is 30.3 Å². The maximum atomic E-state index is 12.4. The van der Waals surface area contributed by atoms with Crippen molar-refractivity contribution in [3.05, 3.63) is 54.0 Å². The van der Waals surface area contributed by atoms with Crippen molar-refractivity contribution in [2.24, 2.45) is 0 Å². The number of piperazine rings is 1. The molecule has 0 aliphatic carbocycles. The van der Waals surface area contributed by atoms with Crippen molar-refractivity contribution in [2.45, 2.75) is 6.54 Å². The van der Waals surface area contributed by atoms with Gasteiger partial charge in [-0.05, 0) is 11.6 Å². The molecule has 0 amide bonds. The van der Waals surface area contributed by atoms with E-state index in [0.29, 0.717) is 13.1 Å². The lowest BCUT2D eigenvalue weighted by molar-refractivity contribution is 0.182. The Morgan fingerprint density at radius 1 is 1.04 bits per heavy atom. The SMILES string of the molecule is O=S(=O)(/C=C\c1ccccc1)N1CCN(CCn2cncn2)CC1. The zero-order chi connectivity index (χ0) is 16.8. The third-order valence-corrected chi connectivity index (χ3v) is 5.60. The van der Waals surface area contributed by atoms with Crippen LogP contribution in [0.1, 0.15) is 5.56 Å². The van der Waals surface area contributed by atoms with E-state index in [0.717, 1.165) is 31.7 Å². The second-order valence-corrected chi connectivity index (χ2v) is 7.48. The van der Waals surface area contributed by atoms with Crippen LogP contribution in [0.2, 0.25) is 0 Å². The lowest BCUT2D eigenvalue weighted by atomic mass is 10.2. The van der Waals surface area contributed by atoms with E-state index in [1.54, 1.807) is 21.4 Å². The molecule has 0 atom stereocenters. The largest absolute Gasteiger partial charge is 0.299 e. The molecular weight excluding hydrogens is 326 g/mol. The molecular formula is C16H21N5O2S. The summed E-state index contributed by atoms with van der Waals surface area (Å²) >= 11 is 0. The Hall–Kier alpha value is -2.03. The molecule has 8 heteroatoms. The number of hydrogen-bond acceptors (Lipinski definition) is 5. The highest BCUT2D eigenvalue weighted by Crippen LogP contribution is 2.11. The number of benzene rings is 1. The standard InChI is InChI=1S/C16H21N5O2S/c22-24(23,13-6-16-4-2-1-3-5-16)21-11-8-19(9-12-21)7-10-20-15-17-14-18-20/h1-6,13-15H,7-12H2/b13-6-. The summed E-state index contributed by atoms with van der Waals surface area (Å²) in [5.74, 6) is 0. The van der Waals surface area contributed by atoms with E-state index in [2.05, 4.69) is 15.0 Å². The van der Waals surface area contributed by atoms with Crippen LogP contribution in [0.5, 0.6) is 0 Å². The van der Waals surface area contributed by atoms with Gasteiger partial charge < -0.3 is 0 Å². The number of aromatic nitrogens is 3. The summed E-state index contributed by atoms with van der Waals surface area (Å²) in [6.45, 7) is 4.09. The van der Waals surface area contributed by atoms with Crippen LogP contribution in [0.4, 0.5) is 0 Å².